The van der Waals surface area contributed by atoms with Crippen LogP contribution < -0.4 is 0 Å². The summed E-state index contributed by atoms with van der Waals surface area (Å²) in [5.74, 6) is 0. The van der Waals surface area contributed by atoms with Gasteiger partial charge in [0.1, 0.15) is 0 Å². The maximum Gasteiger partial charge on any atom is 0.282 e. The Morgan fingerprint density at radius 2 is 1.77 bits per heavy atom. The fourth-order valence-electron chi connectivity index (χ4n) is 2.73. The summed E-state index contributed by atoms with van der Waals surface area (Å²) in [5.41, 5.74) is 1.86. The highest BCUT2D eigenvalue weighted by molar-refractivity contribution is 7.86. The van der Waals surface area contributed by atoms with Crippen molar-refractivity contribution in [2.24, 2.45) is 0 Å². The van der Waals surface area contributed by atoms with Crippen LogP contribution in [0.15, 0.2) is 24.3 Å². The number of likely N-dealkylation sites (N-methyl/N-ethyl adjacent to an activating group) is 1. The van der Waals surface area contributed by atoms with E-state index in [2.05, 4.69) is 0 Å². The predicted molar refractivity (Wildman–Crippen MR) is 87.7 cm³/mol. The van der Waals surface area contributed by atoms with Gasteiger partial charge < -0.3 is 5.11 Å². The van der Waals surface area contributed by atoms with Crippen molar-refractivity contribution in [3.63, 3.8) is 0 Å². The van der Waals surface area contributed by atoms with Gasteiger partial charge in [-0.2, -0.15) is 17.0 Å². The van der Waals surface area contributed by atoms with E-state index in [4.69, 9.17) is 0 Å². The number of rotatable bonds is 6. The first-order valence-corrected chi connectivity index (χ1v) is 9.34. The molecular formula is C16H26N2O3S. The van der Waals surface area contributed by atoms with Gasteiger partial charge in [-0.3, -0.25) is 0 Å². The predicted octanol–water partition coefficient (Wildman–Crippen LogP) is 2.08. The molecule has 0 aromatic heterocycles. The first kappa shape index (κ1) is 17.4. The van der Waals surface area contributed by atoms with Crippen molar-refractivity contribution in [2.75, 3.05) is 26.2 Å². The molecule has 1 heterocycles. The summed E-state index contributed by atoms with van der Waals surface area (Å²) >= 11 is 0. The Kier molecular flexibility index (Phi) is 5.97. The van der Waals surface area contributed by atoms with E-state index in [9.17, 15) is 13.5 Å². The van der Waals surface area contributed by atoms with Crippen LogP contribution in [0.5, 0.6) is 0 Å². The second-order valence-corrected chi connectivity index (χ2v) is 7.77. The van der Waals surface area contributed by atoms with Crippen LogP contribution in [-0.2, 0) is 10.2 Å². The van der Waals surface area contributed by atoms with E-state index in [0.29, 0.717) is 19.6 Å². The Morgan fingerprint density at radius 1 is 1.18 bits per heavy atom. The molecule has 0 bridgehead atoms. The van der Waals surface area contributed by atoms with Gasteiger partial charge >= 0.3 is 0 Å². The first-order valence-electron chi connectivity index (χ1n) is 7.95. The molecule has 2 rings (SSSR count). The van der Waals surface area contributed by atoms with E-state index < -0.39 is 16.3 Å². The lowest BCUT2D eigenvalue weighted by Gasteiger charge is -2.32. The quantitative estimate of drug-likeness (QED) is 0.871. The van der Waals surface area contributed by atoms with Gasteiger partial charge in [-0.05, 0) is 25.3 Å². The summed E-state index contributed by atoms with van der Waals surface area (Å²) in [7, 11) is -3.48. The number of hydrogen-bond donors (Lipinski definition) is 1. The Hall–Kier alpha value is -0.950. The third kappa shape index (κ3) is 4.07. The molecule has 0 spiro atoms. The Balaban J connectivity index is 2.08. The van der Waals surface area contributed by atoms with Gasteiger partial charge in [0, 0.05) is 26.2 Å². The van der Waals surface area contributed by atoms with E-state index >= 15 is 0 Å². The molecule has 1 saturated heterocycles. The smallest absolute Gasteiger partial charge is 0.282 e. The number of piperidine rings is 1. The van der Waals surface area contributed by atoms with Gasteiger partial charge in [0.2, 0.25) is 0 Å². The van der Waals surface area contributed by atoms with Gasteiger partial charge in [0.25, 0.3) is 10.2 Å². The van der Waals surface area contributed by atoms with Crippen LogP contribution in [0, 0.1) is 6.92 Å². The zero-order valence-electron chi connectivity index (χ0n) is 13.4. The summed E-state index contributed by atoms with van der Waals surface area (Å²) < 4.78 is 28.3. The fraction of sp³-hybridized carbons (Fsp3) is 0.625. The Morgan fingerprint density at radius 3 is 2.32 bits per heavy atom. The van der Waals surface area contributed by atoms with Crippen molar-refractivity contribution < 1.29 is 13.5 Å². The van der Waals surface area contributed by atoms with Gasteiger partial charge in [-0.25, -0.2) is 0 Å². The number of nitrogens with zero attached hydrogens (tertiary/aromatic N) is 2. The lowest BCUT2D eigenvalue weighted by atomic mass is 10.1. The van der Waals surface area contributed by atoms with Gasteiger partial charge in [0.05, 0.1) is 6.10 Å². The van der Waals surface area contributed by atoms with Crippen molar-refractivity contribution in [2.45, 2.75) is 39.2 Å². The van der Waals surface area contributed by atoms with E-state index in [1.165, 1.54) is 4.31 Å². The standard InChI is InChI=1S/C16H26N2O3S/c1-3-17(22(20,21)18-11-5-4-6-12-18)13-16(19)15-9-7-14(2)8-10-15/h7-10,16,19H,3-6,11-13H2,1-2H3. The minimum atomic E-state index is -3.48. The number of aryl methyl sites for hydroxylation is 1. The Bertz CT molecular complexity index is 566. The SMILES string of the molecule is CCN(CC(O)c1ccc(C)cc1)S(=O)(=O)N1CCCCC1. The minimum absolute atomic E-state index is 0.0956. The molecule has 6 heteroatoms. The average molecular weight is 326 g/mol. The summed E-state index contributed by atoms with van der Waals surface area (Å²) in [6, 6.07) is 7.55. The normalized spacial score (nSPS) is 18.5. The molecule has 1 aliphatic heterocycles. The molecule has 124 valence electrons. The highest BCUT2D eigenvalue weighted by Gasteiger charge is 2.31. The largest absolute Gasteiger partial charge is 0.387 e. The zero-order chi connectivity index (χ0) is 16.2. The highest BCUT2D eigenvalue weighted by atomic mass is 32.2. The van der Waals surface area contributed by atoms with Crippen molar-refractivity contribution in [3.05, 3.63) is 35.4 Å². The van der Waals surface area contributed by atoms with E-state index in [1.807, 2.05) is 38.1 Å². The molecule has 1 fully saturated rings. The van der Waals surface area contributed by atoms with Crippen LogP contribution >= 0.6 is 0 Å². The maximum atomic E-state index is 12.7. The van der Waals surface area contributed by atoms with Gasteiger partial charge in [0.15, 0.2) is 0 Å². The number of benzene rings is 1. The molecule has 1 aliphatic rings. The molecule has 22 heavy (non-hydrogen) atoms. The van der Waals surface area contributed by atoms with Crippen LogP contribution in [0.2, 0.25) is 0 Å². The second kappa shape index (κ2) is 7.55. The fourth-order valence-corrected chi connectivity index (χ4v) is 4.43. The average Bonchev–Trinajstić information content (AvgIpc) is 2.53. The van der Waals surface area contributed by atoms with Crippen molar-refractivity contribution in [3.8, 4) is 0 Å². The molecule has 0 aliphatic carbocycles. The molecule has 1 aromatic carbocycles. The third-order valence-electron chi connectivity index (χ3n) is 4.16. The topological polar surface area (TPSA) is 60.9 Å². The molecule has 0 amide bonds. The second-order valence-electron chi connectivity index (χ2n) is 5.84. The van der Waals surface area contributed by atoms with E-state index in [0.717, 1.165) is 30.4 Å². The van der Waals surface area contributed by atoms with Crippen LogP contribution in [-0.4, -0.2) is 48.3 Å². The highest BCUT2D eigenvalue weighted by Crippen LogP contribution is 2.20. The number of aliphatic hydroxyl groups is 1. The van der Waals surface area contributed by atoms with Crippen LogP contribution in [0.1, 0.15) is 43.4 Å². The third-order valence-corrected chi connectivity index (χ3v) is 6.24. The monoisotopic (exact) mass is 326 g/mol. The molecule has 1 atom stereocenters. The van der Waals surface area contributed by atoms with Gasteiger partial charge in [-0.15, -0.1) is 0 Å². The first-order chi connectivity index (χ1) is 10.4. The maximum absolute atomic E-state index is 12.7. The molecular weight excluding hydrogens is 300 g/mol. The van der Waals surface area contributed by atoms with Crippen LogP contribution in [0.3, 0.4) is 0 Å². The number of aliphatic hydroxyl groups excluding tert-OH is 1. The van der Waals surface area contributed by atoms with Crippen molar-refractivity contribution in [1.29, 1.82) is 0 Å². The van der Waals surface area contributed by atoms with Crippen molar-refractivity contribution >= 4 is 10.2 Å². The number of hydrogen-bond acceptors (Lipinski definition) is 3. The summed E-state index contributed by atoms with van der Waals surface area (Å²) in [5, 5.41) is 10.4. The summed E-state index contributed by atoms with van der Waals surface area (Å²) in [4.78, 5) is 0. The van der Waals surface area contributed by atoms with Gasteiger partial charge in [-0.1, -0.05) is 43.2 Å². The summed E-state index contributed by atoms with van der Waals surface area (Å²) in [6.07, 6.45) is 2.11. The molecule has 0 saturated carbocycles. The molecule has 5 nitrogen and oxygen atoms in total. The van der Waals surface area contributed by atoms with E-state index in [-0.39, 0.29) is 6.54 Å². The van der Waals surface area contributed by atoms with E-state index in [1.54, 1.807) is 4.31 Å². The Labute approximate surface area is 133 Å². The lowest BCUT2D eigenvalue weighted by molar-refractivity contribution is 0.145. The molecule has 0 radical (unpaired) electrons. The molecule has 1 unspecified atom stereocenters. The van der Waals surface area contributed by atoms with Crippen LogP contribution in [0.4, 0.5) is 0 Å². The molecule has 1 N–H and O–H groups in total. The van der Waals surface area contributed by atoms with Crippen LogP contribution in [0.25, 0.3) is 0 Å². The lowest BCUT2D eigenvalue weighted by Crippen LogP contribution is -2.47. The zero-order valence-corrected chi connectivity index (χ0v) is 14.2. The molecule has 1 aromatic rings. The summed E-state index contributed by atoms with van der Waals surface area (Å²) in [6.45, 7) is 5.41. The minimum Gasteiger partial charge on any atom is -0.387 e. The van der Waals surface area contributed by atoms with Crippen molar-refractivity contribution in [1.82, 2.24) is 8.61 Å².